The monoisotopic (exact) mass is 285 g/mol. The summed E-state index contributed by atoms with van der Waals surface area (Å²) >= 11 is 0. The Balaban J connectivity index is 1.76. The van der Waals surface area contributed by atoms with Crippen molar-refractivity contribution in [3.05, 3.63) is 36.0 Å². The van der Waals surface area contributed by atoms with Crippen LogP contribution in [-0.2, 0) is 16.0 Å². The van der Waals surface area contributed by atoms with E-state index in [9.17, 15) is 9.59 Å². The van der Waals surface area contributed by atoms with Crippen molar-refractivity contribution in [1.29, 1.82) is 0 Å². The maximum atomic E-state index is 12.2. The first-order chi connectivity index (χ1) is 10.2. The van der Waals surface area contributed by atoms with Gasteiger partial charge in [-0.2, -0.15) is 0 Å². The van der Waals surface area contributed by atoms with E-state index < -0.39 is 6.04 Å². The second kappa shape index (κ2) is 5.60. The van der Waals surface area contributed by atoms with Gasteiger partial charge in [0.2, 0.25) is 11.8 Å². The lowest BCUT2D eigenvalue weighted by Gasteiger charge is -2.29. The highest BCUT2D eigenvalue weighted by Gasteiger charge is 2.33. The number of hydrogen-bond acceptors (Lipinski definition) is 2. The van der Waals surface area contributed by atoms with Gasteiger partial charge < -0.3 is 15.6 Å². The molecule has 0 spiro atoms. The van der Waals surface area contributed by atoms with Crippen LogP contribution < -0.4 is 10.6 Å². The molecule has 1 aliphatic heterocycles. The average molecular weight is 285 g/mol. The van der Waals surface area contributed by atoms with Gasteiger partial charge in [0.1, 0.15) is 12.1 Å². The van der Waals surface area contributed by atoms with E-state index in [1.165, 1.54) is 0 Å². The SMILES string of the molecule is CCC[C@H]1NC(=O)[C@H](Cc2c[nH]c3ccccc23)NC1=O. The molecule has 110 valence electrons. The second-order valence-corrected chi connectivity index (χ2v) is 5.47. The first kappa shape index (κ1) is 13.7. The fraction of sp³-hybridized carbons (Fsp3) is 0.375. The first-order valence-corrected chi connectivity index (χ1v) is 7.34. The van der Waals surface area contributed by atoms with Crippen LogP contribution in [0.3, 0.4) is 0 Å². The minimum absolute atomic E-state index is 0.0821. The number of aromatic nitrogens is 1. The van der Waals surface area contributed by atoms with Crippen LogP contribution in [0.5, 0.6) is 0 Å². The van der Waals surface area contributed by atoms with Crippen molar-refractivity contribution in [1.82, 2.24) is 15.6 Å². The predicted octanol–water partition coefficient (Wildman–Crippen LogP) is 1.49. The molecule has 2 atom stereocenters. The van der Waals surface area contributed by atoms with Gasteiger partial charge in [-0.15, -0.1) is 0 Å². The van der Waals surface area contributed by atoms with Gasteiger partial charge in [0, 0.05) is 23.5 Å². The Kier molecular flexibility index (Phi) is 3.64. The standard InChI is InChI=1S/C16H19N3O2/c1-2-5-13-15(20)19-14(16(21)18-13)8-10-9-17-12-7-4-3-6-11(10)12/h3-4,6-7,9,13-14,17H,2,5,8H2,1H3,(H,18,21)(H,19,20)/t13-,14+/m1/s1. The van der Waals surface area contributed by atoms with Crippen LogP contribution in [0.4, 0.5) is 0 Å². The number of nitrogens with one attached hydrogen (secondary N) is 3. The predicted molar refractivity (Wildman–Crippen MR) is 80.8 cm³/mol. The summed E-state index contributed by atoms with van der Waals surface area (Å²) in [6.07, 6.45) is 3.95. The molecule has 2 aromatic rings. The van der Waals surface area contributed by atoms with Gasteiger partial charge in [0.15, 0.2) is 0 Å². The van der Waals surface area contributed by atoms with Crippen LogP contribution in [0.1, 0.15) is 25.3 Å². The summed E-state index contributed by atoms with van der Waals surface area (Å²) < 4.78 is 0. The highest BCUT2D eigenvalue weighted by Crippen LogP contribution is 2.20. The molecule has 0 unspecified atom stereocenters. The molecule has 0 saturated carbocycles. The molecule has 0 radical (unpaired) electrons. The number of benzene rings is 1. The molecular weight excluding hydrogens is 266 g/mol. The summed E-state index contributed by atoms with van der Waals surface area (Å²) in [4.78, 5) is 27.3. The lowest BCUT2D eigenvalue weighted by Crippen LogP contribution is -2.62. The number of rotatable bonds is 4. The van der Waals surface area contributed by atoms with Crippen molar-refractivity contribution < 1.29 is 9.59 Å². The third kappa shape index (κ3) is 2.63. The van der Waals surface area contributed by atoms with Crippen LogP contribution in [0.15, 0.2) is 30.5 Å². The molecule has 1 fully saturated rings. The number of carbonyl (C=O) groups excluding carboxylic acids is 2. The number of fused-ring (bicyclic) bond motifs is 1. The van der Waals surface area contributed by atoms with Crippen LogP contribution in [0, 0.1) is 0 Å². The number of para-hydroxylation sites is 1. The maximum Gasteiger partial charge on any atom is 0.243 e. The van der Waals surface area contributed by atoms with E-state index in [-0.39, 0.29) is 17.9 Å². The molecule has 0 bridgehead atoms. The van der Waals surface area contributed by atoms with Crippen molar-refractivity contribution in [2.24, 2.45) is 0 Å². The van der Waals surface area contributed by atoms with E-state index in [0.717, 1.165) is 22.9 Å². The van der Waals surface area contributed by atoms with E-state index in [2.05, 4.69) is 15.6 Å². The zero-order chi connectivity index (χ0) is 14.8. The van der Waals surface area contributed by atoms with E-state index in [0.29, 0.717) is 12.8 Å². The molecule has 5 nitrogen and oxygen atoms in total. The van der Waals surface area contributed by atoms with Crippen molar-refractivity contribution >= 4 is 22.7 Å². The smallest absolute Gasteiger partial charge is 0.243 e. The quantitative estimate of drug-likeness (QED) is 0.796. The number of amides is 2. The van der Waals surface area contributed by atoms with Crippen molar-refractivity contribution in [2.75, 3.05) is 0 Å². The highest BCUT2D eigenvalue weighted by atomic mass is 16.2. The van der Waals surface area contributed by atoms with Gasteiger partial charge in [-0.1, -0.05) is 31.5 Å². The molecule has 2 amide bonds. The number of aromatic amines is 1. The molecule has 0 aliphatic carbocycles. The fourth-order valence-electron chi connectivity index (χ4n) is 2.83. The molecule has 1 aliphatic rings. The maximum absolute atomic E-state index is 12.2. The van der Waals surface area contributed by atoms with Gasteiger partial charge in [0.05, 0.1) is 0 Å². The van der Waals surface area contributed by atoms with Crippen LogP contribution in [0.2, 0.25) is 0 Å². The summed E-state index contributed by atoms with van der Waals surface area (Å²) in [6, 6.07) is 7.06. The third-order valence-electron chi connectivity index (χ3n) is 3.94. The summed E-state index contributed by atoms with van der Waals surface area (Å²) in [7, 11) is 0. The third-order valence-corrected chi connectivity index (χ3v) is 3.94. The summed E-state index contributed by atoms with van der Waals surface area (Å²) in [5, 5.41) is 6.75. The van der Waals surface area contributed by atoms with Gasteiger partial charge in [-0.25, -0.2) is 0 Å². The number of hydrogen-bond donors (Lipinski definition) is 3. The normalized spacial score (nSPS) is 22.1. The lowest BCUT2D eigenvalue weighted by atomic mass is 10.00. The highest BCUT2D eigenvalue weighted by molar-refractivity contribution is 5.97. The molecule has 1 saturated heterocycles. The molecule has 21 heavy (non-hydrogen) atoms. The Morgan fingerprint density at radius 2 is 1.76 bits per heavy atom. The molecular formula is C16H19N3O2. The molecule has 3 rings (SSSR count). The van der Waals surface area contributed by atoms with Crippen molar-refractivity contribution in [2.45, 2.75) is 38.3 Å². The van der Waals surface area contributed by atoms with E-state index in [1.807, 2.05) is 37.4 Å². The van der Waals surface area contributed by atoms with Crippen LogP contribution in [-0.4, -0.2) is 28.9 Å². The Labute approximate surface area is 123 Å². The lowest BCUT2D eigenvalue weighted by molar-refractivity contribution is -0.136. The Bertz CT molecular complexity index is 677. The van der Waals surface area contributed by atoms with Crippen LogP contribution >= 0.6 is 0 Å². The number of piperazine rings is 1. The molecule has 5 heteroatoms. The first-order valence-electron chi connectivity index (χ1n) is 7.34. The molecule has 3 N–H and O–H groups in total. The minimum Gasteiger partial charge on any atom is -0.361 e. The van der Waals surface area contributed by atoms with Crippen molar-refractivity contribution in [3.63, 3.8) is 0 Å². The van der Waals surface area contributed by atoms with Gasteiger partial charge in [0.25, 0.3) is 0 Å². The zero-order valence-corrected chi connectivity index (χ0v) is 12.0. The zero-order valence-electron chi connectivity index (χ0n) is 12.0. The van der Waals surface area contributed by atoms with Gasteiger partial charge in [-0.05, 0) is 18.1 Å². The molecule has 1 aromatic heterocycles. The van der Waals surface area contributed by atoms with Gasteiger partial charge >= 0.3 is 0 Å². The number of H-pyrrole nitrogens is 1. The van der Waals surface area contributed by atoms with E-state index in [1.54, 1.807) is 0 Å². The Hall–Kier alpha value is -2.30. The van der Waals surface area contributed by atoms with Gasteiger partial charge in [-0.3, -0.25) is 9.59 Å². The summed E-state index contributed by atoms with van der Waals surface area (Å²) in [5.74, 6) is -0.181. The minimum atomic E-state index is -0.496. The summed E-state index contributed by atoms with van der Waals surface area (Å²) in [6.45, 7) is 2.00. The second-order valence-electron chi connectivity index (χ2n) is 5.47. The largest absolute Gasteiger partial charge is 0.361 e. The number of carbonyl (C=O) groups is 2. The van der Waals surface area contributed by atoms with Crippen LogP contribution in [0.25, 0.3) is 10.9 Å². The molecule has 2 heterocycles. The molecule has 1 aromatic carbocycles. The average Bonchev–Trinajstić information content (AvgIpc) is 2.88. The Morgan fingerprint density at radius 1 is 1.05 bits per heavy atom. The fourth-order valence-corrected chi connectivity index (χ4v) is 2.83. The Morgan fingerprint density at radius 3 is 2.57 bits per heavy atom. The van der Waals surface area contributed by atoms with Crippen molar-refractivity contribution in [3.8, 4) is 0 Å². The topological polar surface area (TPSA) is 74.0 Å². The van der Waals surface area contributed by atoms with E-state index in [4.69, 9.17) is 0 Å². The summed E-state index contributed by atoms with van der Waals surface area (Å²) in [5.41, 5.74) is 2.08. The van der Waals surface area contributed by atoms with E-state index >= 15 is 0 Å².